The third-order valence-corrected chi connectivity index (χ3v) is 2.98. The molecule has 2 aromatic rings. The van der Waals surface area contributed by atoms with Gasteiger partial charge in [0.25, 0.3) is 0 Å². The highest BCUT2D eigenvalue weighted by molar-refractivity contribution is 6.30. The van der Waals surface area contributed by atoms with Gasteiger partial charge in [-0.15, -0.1) is 0 Å². The number of carbonyl (C=O) groups excluding carboxylic acids is 1. The van der Waals surface area contributed by atoms with E-state index in [4.69, 9.17) is 16.3 Å². The van der Waals surface area contributed by atoms with Crippen LogP contribution in [0.1, 0.15) is 11.1 Å². The zero-order chi connectivity index (χ0) is 14.5. The highest BCUT2D eigenvalue weighted by Gasteiger charge is 2.10. The fraction of sp³-hybridized carbons (Fsp3) is 0.200. The number of carbonyl (C=O) groups is 1. The van der Waals surface area contributed by atoms with Crippen molar-refractivity contribution >= 4 is 17.7 Å². The zero-order valence-corrected chi connectivity index (χ0v) is 12.1. The van der Waals surface area contributed by atoms with Crippen LogP contribution in [-0.4, -0.2) is 13.1 Å². The number of aryl methyl sites for hydroxylation is 1. The van der Waals surface area contributed by atoms with Gasteiger partial charge in [0.2, 0.25) is 6.20 Å². The van der Waals surface area contributed by atoms with Crippen molar-refractivity contribution in [2.75, 3.05) is 7.05 Å². The number of halogens is 1. The normalized spacial score (nSPS) is 10.2. The van der Waals surface area contributed by atoms with Crippen LogP contribution >= 0.6 is 11.6 Å². The van der Waals surface area contributed by atoms with Crippen molar-refractivity contribution in [3.8, 4) is 5.75 Å². The molecule has 20 heavy (non-hydrogen) atoms. The van der Waals surface area contributed by atoms with Gasteiger partial charge >= 0.3 is 6.09 Å². The predicted octanol–water partition coefficient (Wildman–Crippen LogP) is 2.70. The molecule has 0 unspecified atom stereocenters. The van der Waals surface area contributed by atoms with E-state index in [-0.39, 0.29) is 0 Å². The maximum atomic E-state index is 11.2. The Morgan fingerprint density at radius 3 is 2.65 bits per heavy atom. The minimum absolute atomic E-state index is 0.478. The van der Waals surface area contributed by atoms with Gasteiger partial charge in [0.05, 0.1) is 0 Å². The molecule has 1 amide bonds. The van der Waals surface area contributed by atoms with Gasteiger partial charge < -0.3 is 10.1 Å². The van der Waals surface area contributed by atoms with Crippen LogP contribution in [0.3, 0.4) is 0 Å². The molecule has 1 aromatic carbocycles. The van der Waals surface area contributed by atoms with Crippen LogP contribution in [0.25, 0.3) is 0 Å². The van der Waals surface area contributed by atoms with Gasteiger partial charge in [0.1, 0.15) is 0 Å². The van der Waals surface area contributed by atoms with E-state index in [0.717, 1.165) is 11.1 Å². The van der Waals surface area contributed by atoms with Crippen LogP contribution in [0.4, 0.5) is 4.79 Å². The summed E-state index contributed by atoms with van der Waals surface area (Å²) in [5.74, 6) is 0.512. The summed E-state index contributed by atoms with van der Waals surface area (Å²) in [6.07, 6.45) is 3.30. The van der Waals surface area contributed by atoms with Crippen molar-refractivity contribution in [2.24, 2.45) is 0 Å². The topological polar surface area (TPSA) is 42.2 Å². The van der Waals surface area contributed by atoms with Crippen LogP contribution in [-0.2, 0) is 6.54 Å². The lowest BCUT2D eigenvalue weighted by molar-refractivity contribution is -0.688. The summed E-state index contributed by atoms with van der Waals surface area (Å²) in [6, 6.07) is 9.46. The number of hydrogen-bond acceptors (Lipinski definition) is 2. The molecule has 1 heterocycles. The Kier molecular flexibility index (Phi) is 4.58. The third kappa shape index (κ3) is 3.96. The van der Waals surface area contributed by atoms with Gasteiger partial charge in [-0.25, -0.2) is 4.79 Å². The first-order chi connectivity index (χ1) is 9.56. The molecule has 1 N–H and O–H groups in total. The lowest BCUT2D eigenvalue weighted by atomic mass is 10.2. The number of benzene rings is 1. The molecule has 0 aliphatic carbocycles. The highest BCUT2D eigenvalue weighted by atomic mass is 35.5. The summed E-state index contributed by atoms with van der Waals surface area (Å²) in [5.41, 5.74) is 2.14. The summed E-state index contributed by atoms with van der Waals surface area (Å²) in [5, 5.41) is 3.14. The van der Waals surface area contributed by atoms with Crippen LogP contribution in [0.2, 0.25) is 5.02 Å². The van der Waals surface area contributed by atoms with Crippen LogP contribution in [0.5, 0.6) is 5.75 Å². The van der Waals surface area contributed by atoms with E-state index >= 15 is 0 Å². The molecule has 104 valence electrons. The smallest absolute Gasteiger partial charge is 0.404 e. The molecule has 0 saturated carbocycles. The summed E-state index contributed by atoms with van der Waals surface area (Å²) < 4.78 is 7.12. The summed E-state index contributed by atoms with van der Waals surface area (Å²) in [7, 11) is 1.53. The second-order valence-corrected chi connectivity index (χ2v) is 4.92. The predicted molar refractivity (Wildman–Crippen MR) is 77.0 cm³/mol. The van der Waals surface area contributed by atoms with Gasteiger partial charge in [-0.05, 0) is 25.1 Å². The van der Waals surface area contributed by atoms with E-state index < -0.39 is 6.09 Å². The number of nitrogens with one attached hydrogen (secondary N) is 1. The lowest BCUT2D eigenvalue weighted by Crippen LogP contribution is -2.34. The molecule has 2 rings (SSSR count). The fourth-order valence-corrected chi connectivity index (χ4v) is 1.99. The number of amides is 1. The molecule has 5 heteroatoms. The van der Waals surface area contributed by atoms with Crippen LogP contribution in [0, 0.1) is 6.92 Å². The molecule has 1 aromatic heterocycles. The summed E-state index contributed by atoms with van der Waals surface area (Å²) in [4.78, 5) is 11.2. The highest BCUT2D eigenvalue weighted by Crippen LogP contribution is 2.12. The monoisotopic (exact) mass is 291 g/mol. The van der Waals surface area contributed by atoms with E-state index in [1.54, 1.807) is 6.20 Å². The van der Waals surface area contributed by atoms with Gasteiger partial charge in [-0.1, -0.05) is 23.7 Å². The molecule has 0 aliphatic heterocycles. The van der Waals surface area contributed by atoms with Gasteiger partial charge in [0, 0.05) is 23.2 Å². The molecule has 4 nitrogen and oxygen atoms in total. The Morgan fingerprint density at radius 2 is 2.00 bits per heavy atom. The van der Waals surface area contributed by atoms with Gasteiger partial charge in [-0.3, -0.25) is 0 Å². The van der Waals surface area contributed by atoms with Crippen molar-refractivity contribution in [3.05, 3.63) is 58.9 Å². The Hall–Kier alpha value is -2.07. The molecule has 0 bridgehead atoms. The standard InChI is InChI=1S/C15H15ClN2O2/c1-11-7-14(20-15(19)17-2)10-18(8-11)9-12-3-5-13(16)6-4-12/h3-8,10H,9H2,1-2H3/p+1. The molecule has 0 atom stereocenters. The molecule has 0 saturated heterocycles. The lowest BCUT2D eigenvalue weighted by Gasteiger charge is -2.04. The molecule has 0 radical (unpaired) electrons. The molecule has 0 aliphatic rings. The van der Waals surface area contributed by atoms with E-state index in [9.17, 15) is 4.79 Å². The number of pyridine rings is 1. The van der Waals surface area contributed by atoms with E-state index in [0.29, 0.717) is 17.3 Å². The fourth-order valence-electron chi connectivity index (χ4n) is 1.87. The van der Waals surface area contributed by atoms with E-state index in [1.165, 1.54) is 7.05 Å². The number of aromatic nitrogens is 1. The first-order valence-corrected chi connectivity index (χ1v) is 6.59. The Morgan fingerprint density at radius 1 is 1.30 bits per heavy atom. The van der Waals surface area contributed by atoms with Crippen LogP contribution < -0.4 is 14.6 Å². The second-order valence-electron chi connectivity index (χ2n) is 4.49. The molecular formula is C15H16ClN2O2+. The van der Waals surface area contributed by atoms with Crippen molar-refractivity contribution in [1.29, 1.82) is 0 Å². The van der Waals surface area contributed by atoms with Crippen molar-refractivity contribution in [2.45, 2.75) is 13.5 Å². The number of ether oxygens (including phenoxy) is 1. The average Bonchev–Trinajstić information content (AvgIpc) is 2.40. The SMILES string of the molecule is CNC(=O)Oc1cc(C)c[n+](Cc2ccc(Cl)cc2)c1. The average molecular weight is 292 g/mol. The largest absolute Gasteiger partial charge is 0.412 e. The Labute approximate surface area is 123 Å². The van der Waals surface area contributed by atoms with Gasteiger partial charge in [0.15, 0.2) is 18.5 Å². The van der Waals surface area contributed by atoms with E-state index in [1.807, 2.05) is 48.0 Å². The second kappa shape index (κ2) is 6.39. The maximum absolute atomic E-state index is 11.2. The Balaban J connectivity index is 2.19. The summed E-state index contributed by atoms with van der Waals surface area (Å²) in [6.45, 7) is 2.64. The number of rotatable bonds is 3. The number of nitrogens with zero attached hydrogens (tertiary/aromatic N) is 1. The molecule has 0 fully saturated rings. The minimum atomic E-state index is -0.478. The number of hydrogen-bond donors (Lipinski definition) is 1. The zero-order valence-electron chi connectivity index (χ0n) is 11.4. The van der Waals surface area contributed by atoms with Gasteiger partial charge in [-0.2, -0.15) is 4.57 Å². The Bertz CT molecular complexity index is 612. The first kappa shape index (κ1) is 14.3. The van der Waals surface area contributed by atoms with Crippen molar-refractivity contribution < 1.29 is 14.1 Å². The third-order valence-electron chi connectivity index (χ3n) is 2.73. The van der Waals surface area contributed by atoms with Crippen molar-refractivity contribution in [3.63, 3.8) is 0 Å². The first-order valence-electron chi connectivity index (χ1n) is 6.21. The maximum Gasteiger partial charge on any atom is 0.412 e. The van der Waals surface area contributed by atoms with Crippen molar-refractivity contribution in [1.82, 2.24) is 5.32 Å². The van der Waals surface area contributed by atoms with E-state index in [2.05, 4.69) is 5.32 Å². The molecular weight excluding hydrogens is 276 g/mol. The quantitative estimate of drug-likeness (QED) is 0.884. The minimum Gasteiger partial charge on any atom is -0.404 e. The summed E-state index contributed by atoms with van der Waals surface area (Å²) >= 11 is 5.87. The molecule has 0 spiro atoms. The van der Waals surface area contributed by atoms with Crippen LogP contribution in [0.15, 0.2) is 42.7 Å².